The predicted octanol–water partition coefficient (Wildman–Crippen LogP) is 1.97. The van der Waals surface area contributed by atoms with Crippen molar-refractivity contribution in [3.05, 3.63) is 23.5 Å². The predicted molar refractivity (Wildman–Crippen MR) is 96.9 cm³/mol. The zero-order valence-corrected chi connectivity index (χ0v) is 15.0. The molecule has 23 heavy (non-hydrogen) atoms. The molecule has 0 saturated carbocycles. The summed E-state index contributed by atoms with van der Waals surface area (Å²) in [7, 11) is 1.85. The number of nitrogens with zero attached hydrogens (tertiary/aromatic N) is 2. The van der Waals surface area contributed by atoms with Crippen molar-refractivity contribution in [2.24, 2.45) is 10.9 Å². The summed E-state index contributed by atoms with van der Waals surface area (Å²) in [5, 5.41) is 7.32. The molecular formula is C17H31N5O. The zero-order valence-electron chi connectivity index (χ0n) is 15.0. The third kappa shape index (κ3) is 6.54. The standard InChI is InChI=1S/C17H31N5O/c1-13(2)15(4)20-16(14(3)6-7-18)12-17(21-19-5)22-8-10-23-11-9-22/h6-7,12-13,15,18-19,21H,8-11H2,1-5H3/b14-6+,17-12+,18-7?,20-16+/t15-/m0/s1. The molecule has 1 aliphatic heterocycles. The van der Waals surface area contributed by atoms with Gasteiger partial charge in [0.2, 0.25) is 0 Å². The van der Waals surface area contributed by atoms with Crippen molar-refractivity contribution in [3.63, 3.8) is 0 Å². The SMILES string of the molecule is CNN\C(=C/C(=N\[C@@H](C)C(C)C)C(/C)=C/C=N)N1CCOCC1. The Labute approximate surface area is 140 Å². The molecule has 0 aromatic rings. The summed E-state index contributed by atoms with van der Waals surface area (Å²) in [6.45, 7) is 11.6. The van der Waals surface area contributed by atoms with E-state index < -0.39 is 0 Å². The smallest absolute Gasteiger partial charge is 0.118 e. The second-order valence-corrected chi connectivity index (χ2v) is 6.02. The molecule has 130 valence electrons. The van der Waals surface area contributed by atoms with Crippen molar-refractivity contribution >= 4 is 11.9 Å². The fourth-order valence-electron chi connectivity index (χ4n) is 2.10. The van der Waals surface area contributed by atoms with Gasteiger partial charge in [-0.1, -0.05) is 13.8 Å². The van der Waals surface area contributed by atoms with Crippen molar-refractivity contribution in [2.45, 2.75) is 33.7 Å². The Morgan fingerprint density at radius 1 is 1.26 bits per heavy atom. The average molecular weight is 321 g/mol. The van der Waals surface area contributed by atoms with E-state index in [-0.39, 0.29) is 6.04 Å². The third-order valence-electron chi connectivity index (χ3n) is 3.92. The Morgan fingerprint density at radius 3 is 2.43 bits per heavy atom. The lowest BCUT2D eigenvalue weighted by Gasteiger charge is -2.31. The number of allylic oxidation sites excluding steroid dienone is 3. The number of rotatable bonds is 8. The van der Waals surface area contributed by atoms with Gasteiger partial charge in [-0.15, -0.1) is 0 Å². The van der Waals surface area contributed by atoms with Crippen LogP contribution in [0.2, 0.25) is 0 Å². The van der Waals surface area contributed by atoms with Crippen LogP contribution in [-0.4, -0.2) is 56.2 Å². The summed E-state index contributed by atoms with van der Waals surface area (Å²) in [5.74, 6) is 1.44. The summed E-state index contributed by atoms with van der Waals surface area (Å²) < 4.78 is 5.43. The van der Waals surface area contributed by atoms with Crippen LogP contribution in [0.3, 0.4) is 0 Å². The van der Waals surface area contributed by atoms with Crippen LogP contribution >= 0.6 is 0 Å². The lowest BCUT2D eigenvalue weighted by molar-refractivity contribution is 0.0495. The molecule has 1 fully saturated rings. The Bertz CT molecular complexity index is 462. The largest absolute Gasteiger partial charge is 0.378 e. The summed E-state index contributed by atoms with van der Waals surface area (Å²) >= 11 is 0. The van der Waals surface area contributed by atoms with E-state index in [0.29, 0.717) is 5.92 Å². The van der Waals surface area contributed by atoms with Crippen LogP contribution in [0.15, 0.2) is 28.5 Å². The molecule has 0 radical (unpaired) electrons. The van der Waals surface area contributed by atoms with E-state index in [1.807, 2.05) is 14.0 Å². The Kier molecular flexibility index (Phi) is 8.58. The van der Waals surface area contributed by atoms with Crippen LogP contribution in [0.25, 0.3) is 0 Å². The summed E-state index contributed by atoms with van der Waals surface area (Å²) in [5.41, 5.74) is 8.08. The van der Waals surface area contributed by atoms with E-state index in [0.717, 1.165) is 43.4 Å². The van der Waals surface area contributed by atoms with E-state index >= 15 is 0 Å². The van der Waals surface area contributed by atoms with Crippen LogP contribution in [0, 0.1) is 11.3 Å². The lowest BCUT2D eigenvalue weighted by Crippen LogP contribution is -2.43. The Balaban J connectivity index is 3.14. The van der Waals surface area contributed by atoms with Gasteiger partial charge in [0.25, 0.3) is 0 Å². The second-order valence-electron chi connectivity index (χ2n) is 6.02. The van der Waals surface area contributed by atoms with Gasteiger partial charge in [-0.05, 0) is 31.4 Å². The molecular weight excluding hydrogens is 290 g/mol. The number of ether oxygens (including phenoxy) is 1. The maximum Gasteiger partial charge on any atom is 0.118 e. The Hall–Kier alpha value is -1.66. The van der Waals surface area contributed by atoms with Crippen molar-refractivity contribution < 1.29 is 4.74 Å². The monoisotopic (exact) mass is 321 g/mol. The molecule has 1 rings (SSSR count). The number of hydrogen-bond donors (Lipinski definition) is 3. The molecule has 3 N–H and O–H groups in total. The van der Waals surface area contributed by atoms with Gasteiger partial charge in [-0.2, -0.15) is 0 Å². The molecule has 1 aliphatic rings. The zero-order chi connectivity index (χ0) is 17.2. The molecule has 0 aromatic carbocycles. The van der Waals surface area contributed by atoms with E-state index in [2.05, 4.69) is 42.6 Å². The van der Waals surface area contributed by atoms with Gasteiger partial charge in [-0.25, -0.2) is 5.43 Å². The number of hydrogen-bond acceptors (Lipinski definition) is 6. The molecule has 0 amide bonds. The highest BCUT2D eigenvalue weighted by Crippen LogP contribution is 2.12. The topological polar surface area (TPSA) is 72.7 Å². The normalized spacial score (nSPS) is 19.0. The van der Waals surface area contributed by atoms with Crippen LogP contribution < -0.4 is 10.9 Å². The molecule has 0 unspecified atom stereocenters. The van der Waals surface area contributed by atoms with Crippen molar-refractivity contribution in [1.29, 1.82) is 5.41 Å². The number of aliphatic imine (C=N–C) groups is 1. The van der Waals surface area contributed by atoms with Crippen LogP contribution in [-0.2, 0) is 4.74 Å². The maximum absolute atomic E-state index is 7.32. The first-order chi connectivity index (χ1) is 11.0. The van der Waals surface area contributed by atoms with E-state index in [4.69, 9.17) is 15.1 Å². The van der Waals surface area contributed by atoms with Crippen LogP contribution in [0.1, 0.15) is 27.7 Å². The first-order valence-electron chi connectivity index (χ1n) is 8.22. The highest BCUT2D eigenvalue weighted by molar-refractivity contribution is 6.10. The minimum absolute atomic E-state index is 0.218. The van der Waals surface area contributed by atoms with Gasteiger partial charge in [-0.3, -0.25) is 4.99 Å². The molecule has 6 nitrogen and oxygen atoms in total. The van der Waals surface area contributed by atoms with Gasteiger partial charge in [0, 0.05) is 32.4 Å². The fourth-order valence-corrected chi connectivity index (χ4v) is 2.10. The Morgan fingerprint density at radius 2 is 1.91 bits per heavy atom. The van der Waals surface area contributed by atoms with Crippen LogP contribution in [0.5, 0.6) is 0 Å². The summed E-state index contributed by atoms with van der Waals surface area (Å²) in [6, 6.07) is 0.218. The molecule has 1 heterocycles. The third-order valence-corrected chi connectivity index (χ3v) is 3.92. The molecule has 0 aromatic heterocycles. The number of nitrogens with one attached hydrogen (secondary N) is 3. The van der Waals surface area contributed by atoms with E-state index in [1.165, 1.54) is 6.21 Å². The first kappa shape index (κ1) is 19.4. The van der Waals surface area contributed by atoms with Gasteiger partial charge in [0.15, 0.2) is 0 Å². The number of morpholine rings is 1. The van der Waals surface area contributed by atoms with Crippen LogP contribution in [0.4, 0.5) is 0 Å². The van der Waals surface area contributed by atoms with Crippen molar-refractivity contribution in [3.8, 4) is 0 Å². The summed E-state index contributed by atoms with van der Waals surface area (Å²) in [6.07, 6.45) is 5.13. The van der Waals surface area contributed by atoms with Crippen molar-refractivity contribution in [2.75, 3.05) is 33.4 Å². The lowest BCUT2D eigenvalue weighted by atomic mass is 10.1. The molecule has 0 aliphatic carbocycles. The number of hydrazine groups is 1. The molecule has 6 heteroatoms. The summed E-state index contributed by atoms with van der Waals surface area (Å²) in [4.78, 5) is 7.10. The molecule has 1 saturated heterocycles. The van der Waals surface area contributed by atoms with Gasteiger partial charge >= 0.3 is 0 Å². The first-order valence-corrected chi connectivity index (χ1v) is 8.22. The average Bonchev–Trinajstić information content (AvgIpc) is 2.54. The second kappa shape index (κ2) is 10.2. The van der Waals surface area contributed by atoms with Gasteiger partial charge in [0.1, 0.15) is 5.82 Å². The molecule has 0 bridgehead atoms. The highest BCUT2D eigenvalue weighted by Gasteiger charge is 2.15. The van der Waals surface area contributed by atoms with E-state index in [1.54, 1.807) is 6.08 Å². The molecule has 1 atom stereocenters. The van der Waals surface area contributed by atoms with Gasteiger partial charge in [0.05, 0.1) is 25.0 Å². The minimum Gasteiger partial charge on any atom is -0.378 e. The van der Waals surface area contributed by atoms with Gasteiger partial charge < -0.3 is 20.5 Å². The highest BCUT2D eigenvalue weighted by atomic mass is 16.5. The fraction of sp³-hybridized carbons (Fsp3) is 0.647. The van der Waals surface area contributed by atoms with E-state index in [9.17, 15) is 0 Å². The minimum atomic E-state index is 0.218. The quantitative estimate of drug-likeness (QED) is 0.472. The maximum atomic E-state index is 7.32. The molecule has 0 spiro atoms. The van der Waals surface area contributed by atoms with Crippen molar-refractivity contribution in [1.82, 2.24) is 15.8 Å².